The summed E-state index contributed by atoms with van der Waals surface area (Å²) >= 11 is 0. The van der Waals surface area contributed by atoms with Gasteiger partial charge in [-0.2, -0.15) is 0 Å². The molecule has 2 rings (SSSR count). The van der Waals surface area contributed by atoms with Crippen molar-refractivity contribution in [3.05, 3.63) is 23.9 Å². The lowest BCUT2D eigenvalue weighted by Gasteiger charge is -2.50. The highest BCUT2D eigenvalue weighted by molar-refractivity contribution is 5.89. The second-order valence-electron chi connectivity index (χ2n) is 7.56. The van der Waals surface area contributed by atoms with E-state index in [1.165, 1.54) is 7.11 Å². The summed E-state index contributed by atoms with van der Waals surface area (Å²) in [6.45, 7) is 6.17. The van der Waals surface area contributed by atoms with Crippen LogP contribution >= 0.6 is 0 Å². The lowest BCUT2D eigenvalue weighted by molar-refractivity contribution is -0.166. The molecule has 2 heterocycles. The number of carbonyl (C=O) groups excluding carboxylic acids is 3. The number of pyridine rings is 1. The molecule has 0 spiro atoms. The number of carbonyl (C=O) groups is 3. The van der Waals surface area contributed by atoms with E-state index in [1.807, 2.05) is 13.0 Å². The molecule has 0 saturated carbocycles. The molecule has 1 amide bonds. The van der Waals surface area contributed by atoms with E-state index in [2.05, 4.69) is 4.98 Å². The third-order valence-corrected chi connectivity index (χ3v) is 5.20. The molecule has 1 aromatic rings. The SMILES string of the molecule is CCOC(=O)C[C@@H](c1ccc(OC)nc1)N1CC(C)(CCCCC(C)=O)C1=O. The van der Waals surface area contributed by atoms with Crippen molar-refractivity contribution < 1.29 is 23.9 Å². The fourth-order valence-electron chi connectivity index (χ4n) is 3.59. The Bertz CT molecular complexity index is 703. The molecule has 1 aliphatic rings. The smallest absolute Gasteiger partial charge is 0.308 e. The molecule has 28 heavy (non-hydrogen) atoms. The third kappa shape index (κ3) is 5.30. The first-order valence-electron chi connectivity index (χ1n) is 9.76. The Morgan fingerprint density at radius 3 is 2.61 bits per heavy atom. The van der Waals surface area contributed by atoms with Crippen LogP contribution in [0.4, 0.5) is 0 Å². The highest BCUT2D eigenvalue weighted by Crippen LogP contribution is 2.43. The van der Waals surface area contributed by atoms with Gasteiger partial charge in [0.05, 0.1) is 31.6 Å². The number of β-lactam (4-membered cyclic amide) rings is 1. The van der Waals surface area contributed by atoms with Crippen LogP contribution in [0.25, 0.3) is 0 Å². The standard InChI is InChI=1S/C21H30N2O5/c1-5-28-19(25)12-17(16-9-10-18(27-4)22-13-16)23-14-21(3,20(23)26)11-7-6-8-15(2)24/h9-10,13,17H,5-8,11-12,14H2,1-4H3/t17-,21?/m0/s1. The van der Waals surface area contributed by atoms with Crippen LogP contribution in [0.5, 0.6) is 5.88 Å². The number of Topliss-reactive ketones (excluding diaryl/α,β-unsaturated/α-hetero) is 1. The summed E-state index contributed by atoms with van der Waals surface area (Å²) in [5.41, 5.74) is 0.338. The minimum atomic E-state index is -0.441. The maximum atomic E-state index is 13.0. The average molecular weight is 390 g/mol. The normalized spacial score (nSPS) is 19.7. The van der Waals surface area contributed by atoms with E-state index in [0.29, 0.717) is 25.5 Å². The van der Waals surface area contributed by atoms with Crippen molar-refractivity contribution in [2.75, 3.05) is 20.3 Å². The van der Waals surface area contributed by atoms with Gasteiger partial charge in [-0.05, 0) is 39.2 Å². The third-order valence-electron chi connectivity index (χ3n) is 5.20. The average Bonchev–Trinajstić information content (AvgIpc) is 2.68. The Hall–Kier alpha value is -2.44. The predicted molar refractivity (Wildman–Crippen MR) is 104 cm³/mol. The zero-order chi connectivity index (χ0) is 20.7. The number of likely N-dealkylation sites (tertiary alicyclic amines) is 1. The van der Waals surface area contributed by atoms with Gasteiger partial charge in [0.25, 0.3) is 0 Å². The van der Waals surface area contributed by atoms with Crippen LogP contribution in [0.2, 0.25) is 0 Å². The largest absolute Gasteiger partial charge is 0.481 e. The minimum Gasteiger partial charge on any atom is -0.481 e. The molecule has 1 unspecified atom stereocenters. The van der Waals surface area contributed by atoms with Crippen LogP contribution in [0, 0.1) is 5.41 Å². The number of hydrogen-bond acceptors (Lipinski definition) is 6. The maximum absolute atomic E-state index is 13.0. The molecule has 1 aromatic heterocycles. The lowest BCUT2D eigenvalue weighted by atomic mass is 9.74. The molecule has 0 N–H and O–H groups in total. The number of nitrogens with zero attached hydrogens (tertiary/aromatic N) is 2. The van der Waals surface area contributed by atoms with Crippen LogP contribution in [-0.4, -0.2) is 47.8 Å². The summed E-state index contributed by atoms with van der Waals surface area (Å²) < 4.78 is 10.2. The molecule has 7 heteroatoms. The van der Waals surface area contributed by atoms with E-state index in [1.54, 1.807) is 31.0 Å². The van der Waals surface area contributed by atoms with Crippen molar-refractivity contribution in [3.63, 3.8) is 0 Å². The first-order valence-corrected chi connectivity index (χ1v) is 9.76. The van der Waals surface area contributed by atoms with E-state index in [0.717, 1.165) is 24.8 Å². The van der Waals surface area contributed by atoms with Crippen molar-refractivity contribution in [2.24, 2.45) is 5.41 Å². The van der Waals surface area contributed by atoms with Crippen LogP contribution in [-0.2, 0) is 19.1 Å². The van der Waals surface area contributed by atoms with E-state index in [9.17, 15) is 14.4 Å². The Kier molecular flexibility index (Phi) is 7.54. The second kappa shape index (κ2) is 9.66. The molecule has 1 aliphatic heterocycles. The summed E-state index contributed by atoms with van der Waals surface area (Å²) in [6.07, 6.45) is 4.65. The second-order valence-corrected chi connectivity index (χ2v) is 7.56. The first-order chi connectivity index (χ1) is 13.3. The van der Waals surface area contributed by atoms with Crippen molar-refractivity contribution in [2.45, 2.75) is 58.9 Å². The Balaban J connectivity index is 2.07. The molecule has 0 radical (unpaired) electrons. The lowest BCUT2D eigenvalue weighted by Crippen LogP contribution is -2.61. The van der Waals surface area contributed by atoms with E-state index in [-0.39, 0.29) is 24.1 Å². The molecule has 7 nitrogen and oxygen atoms in total. The van der Waals surface area contributed by atoms with E-state index >= 15 is 0 Å². The van der Waals surface area contributed by atoms with Gasteiger partial charge in [0.2, 0.25) is 11.8 Å². The summed E-state index contributed by atoms with van der Waals surface area (Å²) in [6, 6.07) is 3.14. The number of amides is 1. The minimum absolute atomic E-state index is 0.0282. The molecular weight excluding hydrogens is 360 g/mol. The van der Waals surface area contributed by atoms with E-state index in [4.69, 9.17) is 9.47 Å². The summed E-state index contributed by atoms with van der Waals surface area (Å²) in [4.78, 5) is 42.1. The summed E-state index contributed by atoms with van der Waals surface area (Å²) in [5, 5.41) is 0. The van der Waals surface area contributed by atoms with Gasteiger partial charge in [-0.15, -0.1) is 0 Å². The van der Waals surface area contributed by atoms with Crippen LogP contribution in [0.3, 0.4) is 0 Å². The number of rotatable bonds is 11. The van der Waals surface area contributed by atoms with Gasteiger partial charge >= 0.3 is 5.97 Å². The Morgan fingerprint density at radius 2 is 2.07 bits per heavy atom. The molecule has 154 valence electrons. The zero-order valence-corrected chi connectivity index (χ0v) is 17.2. The predicted octanol–water partition coefficient (Wildman–Crippen LogP) is 3.08. The van der Waals surface area contributed by atoms with Gasteiger partial charge < -0.3 is 19.2 Å². The number of esters is 1. The summed E-state index contributed by atoms with van der Waals surface area (Å²) in [5.74, 6) is 0.337. The first kappa shape index (κ1) is 21.9. The van der Waals surface area contributed by atoms with Crippen LogP contribution < -0.4 is 4.74 Å². The molecular formula is C21H30N2O5. The van der Waals surface area contributed by atoms with Crippen molar-refractivity contribution in [1.29, 1.82) is 0 Å². The maximum Gasteiger partial charge on any atom is 0.308 e. The number of ether oxygens (including phenoxy) is 2. The van der Waals surface area contributed by atoms with Crippen molar-refractivity contribution >= 4 is 17.7 Å². The van der Waals surface area contributed by atoms with Gasteiger partial charge in [0.1, 0.15) is 5.78 Å². The molecule has 0 aliphatic carbocycles. The van der Waals surface area contributed by atoms with Crippen molar-refractivity contribution in [1.82, 2.24) is 9.88 Å². The van der Waals surface area contributed by atoms with Gasteiger partial charge in [0.15, 0.2) is 0 Å². The topological polar surface area (TPSA) is 85.8 Å². The van der Waals surface area contributed by atoms with Gasteiger partial charge in [-0.3, -0.25) is 9.59 Å². The van der Waals surface area contributed by atoms with E-state index < -0.39 is 11.5 Å². The van der Waals surface area contributed by atoms with Crippen molar-refractivity contribution in [3.8, 4) is 5.88 Å². The Labute approximate surface area is 166 Å². The number of hydrogen-bond donors (Lipinski definition) is 0. The quantitative estimate of drug-likeness (QED) is 0.328. The number of methoxy groups -OCH3 is 1. The number of unbranched alkanes of at least 4 members (excludes halogenated alkanes) is 1. The molecule has 0 bridgehead atoms. The Morgan fingerprint density at radius 1 is 1.32 bits per heavy atom. The monoisotopic (exact) mass is 390 g/mol. The highest BCUT2D eigenvalue weighted by Gasteiger charge is 2.50. The summed E-state index contributed by atoms with van der Waals surface area (Å²) in [7, 11) is 1.54. The van der Waals surface area contributed by atoms with Gasteiger partial charge in [-0.25, -0.2) is 4.98 Å². The zero-order valence-electron chi connectivity index (χ0n) is 17.2. The fraction of sp³-hybridized carbons (Fsp3) is 0.619. The molecule has 1 saturated heterocycles. The fourth-order valence-corrected chi connectivity index (χ4v) is 3.59. The highest BCUT2D eigenvalue weighted by atomic mass is 16.5. The van der Waals surface area contributed by atoms with Crippen LogP contribution in [0.15, 0.2) is 18.3 Å². The van der Waals surface area contributed by atoms with Crippen LogP contribution in [0.1, 0.15) is 64.5 Å². The van der Waals surface area contributed by atoms with Gasteiger partial charge in [-0.1, -0.05) is 12.5 Å². The number of ketones is 1. The number of aromatic nitrogens is 1. The molecule has 0 aromatic carbocycles. The van der Waals surface area contributed by atoms with Gasteiger partial charge in [0, 0.05) is 25.2 Å². The molecule has 1 fully saturated rings. The molecule has 2 atom stereocenters.